The number of alkyl halides is 1. The second kappa shape index (κ2) is 4.06. The van der Waals surface area contributed by atoms with Gasteiger partial charge in [-0.05, 0) is 37.2 Å². The highest BCUT2D eigenvalue weighted by Crippen LogP contribution is 2.53. The summed E-state index contributed by atoms with van der Waals surface area (Å²) in [5.74, 6) is 0. The molecular formula is C12H14ClNO2. The molecule has 1 aromatic carbocycles. The van der Waals surface area contributed by atoms with E-state index in [9.17, 15) is 10.1 Å². The molecule has 1 atom stereocenters. The Balaban J connectivity index is 2.09. The van der Waals surface area contributed by atoms with Gasteiger partial charge < -0.3 is 0 Å². The van der Waals surface area contributed by atoms with Crippen LogP contribution in [0, 0.1) is 15.5 Å². The van der Waals surface area contributed by atoms with Gasteiger partial charge in [0.2, 0.25) is 0 Å². The lowest BCUT2D eigenvalue weighted by molar-refractivity contribution is -0.384. The van der Waals surface area contributed by atoms with Gasteiger partial charge in [-0.25, -0.2) is 0 Å². The second-order valence-corrected chi connectivity index (χ2v) is 5.23. The van der Waals surface area contributed by atoms with Gasteiger partial charge in [0.05, 0.1) is 4.92 Å². The van der Waals surface area contributed by atoms with Crippen molar-refractivity contribution in [3.05, 3.63) is 39.9 Å². The van der Waals surface area contributed by atoms with E-state index in [4.69, 9.17) is 11.6 Å². The maximum Gasteiger partial charge on any atom is 0.269 e. The Bertz CT molecular complexity index is 396. The number of non-ortho nitro benzene ring substituents is 1. The number of nitro benzene ring substituents is 1. The van der Waals surface area contributed by atoms with Crippen molar-refractivity contribution < 1.29 is 4.92 Å². The Hall–Kier alpha value is -1.09. The first-order valence-electron chi connectivity index (χ1n) is 5.41. The van der Waals surface area contributed by atoms with Gasteiger partial charge in [0, 0.05) is 17.5 Å². The Morgan fingerprint density at radius 2 is 2.00 bits per heavy atom. The fourth-order valence-electron chi connectivity index (χ4n) is 2.02. The van der Waals surface area contributed by atoms with Crippen molar-refractivity contribution in [2.45, 2.75) is 31.6 Å². The predicted octanol–water partition coefficient (Wildman–Crippen LogP) is 3.54. The fraction of sp³-hybridized carbons (Fsp3) is 0.500. The van der Waals surface area contributed by atoms with E-state index in [2.05, 4.69) is 0 Å². The molecule has 86 valence electrons. The molecule has 3 nitrogen and oxygen atoms in total. The van der Waals surface area contributed by atoms with Gasteiger partial charge in [0.15, 0.2) is 0 Å². The third kappa shape index (κ3) is 2.19. The summed E-state index contributed by atoms with van der Waals surface area (Å²) in [4.78, 5) is 10.1. The summed E-state index contributed by atoms with van der Waals surface area (Å²) in [5, 5.41) is 10.7. The zero-order chi connectivity index (χ0) is 11.8. The minimum atomic E-state index is -0.374. The van der Waals surface area contributed by atoms with Crippen LogP contribution >= 0.6 is 11.6 Å². The Morgan fingerprint density at radius 1 is 1.44 bits per heavy atom. The van der Waals surface area contributed by atoms with Gasteiger partial charge in [-0.1, -0.05) is 12.1 Å². The third-order valence-electron chi connectivity index (χ3n) is 3.44. The van der Waals surface area contributed by atoms with Crippen molar-refractivity contribution in [1.29, 1.82) is 0 Å². The summed E-state index contributed by atoms with van der Waals surface area (Å²) in [6.07, 6.45) is 3.25. The van der Waals surface area contributed by atoms with Crippen LogP contribution < -0.4 is 0 Å². The second-order valence-electron chi connectivity index (χ2n) is 4.58. The van der Waals surface area contributed by atoms with Gasteiger partial charge in [0.25, 0.3) is 5.69 Å². The molecule has 0 heterocycles. The average molecular weight is 240 g/mol. The molecule has 4 heteroatoms. The summed E-state index contributed by atoms with van der Waals surface area (Å²) in [6.45, 7) is 2.03. The molecule has 0 spiro atoms. The maximum absolute atomic E-state index is 10.5. The highest BCUT2D eigenvalue weighted by Gasteiger charge is 2.46. The van der Waals surface area contributed by atoms with E-state index in [0.717, 1.165) is 24.8 Å². The summed E-state index contributed by atoms with van der Waals surface area (Å²) < 4.78 is 0. The molecule has 0 saturated heterocycles. The molecule has 16 heavy (non-hydrogen) atoms. The lowest BCUT2D eigenvalue weighted by atomic mass is 9.93. The molecular weight excluding hydrogens is 226 g/mol. The van der Waals surface area contributed by atoms with Crippen LogP contribution in [0.15, 0.2) is 24.3 Å². The number of hydrogen-bond acceptors (Lipinski definition) is 2. The smallest absolute Gasteiger partial charge is 0.258 e. The van der Waals surface area contributed by atoms with E-state index in [1.54, 1.807) is 12.1 Å². The van der Waals surface area contributed by atoms with Crippen molar-refractivity contribution in [2.75, 3.05) is 0 Å². The zero-order valence-corrected chi connectivity index (χ0v) is 9.91. The quantitative estimate of drug-likeness (QED) is 0.458. The lowest BCUT2D eigenvalue weighted by Gasteiger charge is -2.17. The predicted molar refractivity (Wildman–Crippen MR) is 63.8 cm³/mol. The number of hydrogen-bond donors (Lipinski definition) is 0. The molecule has 0 N–H and O–H groups in total. The Labute approximate surface area is 99.6 Å². The largest absolute Gasteiger partial charge is 0.269 e. The third-order valence-corrected chi connectivity index (χ3v) is 3.90. The van der Waals surface area contributed by atoms with Crippen LogP contribution in [0.2, 0.25) is 0 Å². The SMILES string of the molecule is CC(Cl)C1(Cc2ccc([N+](=O)[O-])cc2)CC1. The van der Waals surface area contributed by atoms with Gasteiger partial charge in [-0.2, -0.15) is 0 Å². The lowest BCUT2D eigenvalue weighted by Crippen LogP contribution is -2.15. The summed E-state index contributed by atoms with van der Waals surface area (Å²) in [6, 6.07) is 6.78. The van der Waals surface area contributed by atoms with Gasteiger partial charge in [-0.3, -0.25) is 10.1 Å². The molecule has 0 aliphatic heterocycles. The number of halogens is 1. The van der Waals surface area contributed by atoms with E-state index in [1.807, 2.05) is 19.1 Å². The molecule has 1 unspecified atom stereocenters. The van der Waals surface area contributed by atoms with Crippen molar-refractivity contribution in [3.63, 3.8) is 0 Å². The number of nitro groups is 1. The number of rotatable bonds is 4. The molecule has 0 aromatic heterocycles. The standard InChI is InChI=1S/C12H14ClNO2/c1-9(13)12(6-7-12)8-10-2-4-11(5-3-10)14(15)16/h2-5,9H,6-8H2,1H3. The van der Waals surface area contributed by atoms with Gasteiger partial charge in [-0.15, -0.1) is 11.6 Å². The molecule has 0 bridgehead atoms. The first-order chi connectivity index (χ1) is 7.53. The van der Waals surface area contributed by atoms with E-state index in [1.165, 1.54) is 0 Å². The van der Waals surface area contributed by atoms with Gasteiger partial charge in [0.1, 0.15) is 0 Å². The number of benzene rings is 1. The van der Waals surface area contributed by atoms with Crippen LogP contribution in [-0.4, -0.2) is 10.3 Å². The van der Waals surface area contributed by atoms with Crippen LogP contribution in [0.4, 0.5) is 5.69 Å². The van der Waals surface area contributed by atoms with Crippen LogP contribution in [0.25, 0.3) is 0 Å². The molecule has 0 radical (unpaired) electrons. The van der Waals surface area contributed by atoms with Crippen LogP contribution in [0.3, 0.4) is 0 Å². The van der Waals surface area contributed by atoms with Crippen molar-refractivity contribution in [2.24, 2.45) is 5.41 Å². The Morgan fingerprint density at radius 3 is 2.38 bits per heavy atom. The molecule has 1 fully saturated rings. The van der Waals surface area contributed by atoms with E-state index in [-0.39, 0.29) is 21.4 Å². The zero-order valence-electron chi connectivity index (χ0n) is 9.15. The summed E-state index contributed by atoms with van der Waals surface area (Å²) in [5.41, 5.74) is 1.51. The molecule has 2 rings (SSSR count). The van der Waals surface area contributed by atoms with Gasteiger partial charge >= 0.3 is 0 Å². The van der Waals surface area contributed by atoms with Crippen LogP contribution in [0.1, 0.15) is 25.3 Å². The highest BCUT2D eigenvalue weighted by molar-refractivity contribution is 6.21. The Kier molecular flexibility index (Phi) is 2.89. The minimum absolute atomic E-state index is 0.146. The van der Waals surface area contributed by atoms with Crippen molar-refractivity contribution >= 4 is 17.3 Å². The molecule has 1 aliphatic rings. The molecule has 1 saturated carbocycles. The normalized spacial score (nSPS) is 19.1. The van der Waals surface area contributed by atoms with Crippen LogP contribution in [0.5, 0.6) is 0 Å². The highest BCUT2D eigenvalue weighted by atomic mass is 35.5. The first-order valence-corrected chi connectivity index (χ1v) is 5.85. The summed E-state index contributed by atoms with van der Waals surface area (Å²) in [7, 11) is 0. The minimum Gasteiger partial charge on any atom is -0.258 e. The van der Waals surface area contributed by atoms with Crippen molar-refractivity contribution in [3.8, 4) is 0 Å². The van der Waals surface area contributed by atoms with Crippen molar-refractivity contribution in [1.82, 2.24) is 0 Å². The molecule has 1 aliphatic carbocycles. The average Bonchev–Trinajstić information content (AvgIpc) is 3.00. The maximum atomic E-state index is 10.5. The van der Waals surface area contributed by atoms with E-state index < -0.39 is 0 Å². The molecule has 0 amide bonds. The topological polar surface area (TPSA) is 43.1 Å². The molecule has 1 aromatic rings. The summed E-state index contributed by atoms with van der Waals surface area (Å²) >= 11 is 6.16. The van der Waals surface area contributed by atoms with E-state index in [0.29, 0.717) is 0 Å². The monoisotopic (exact) mass is 239 g/mol. The number of nitrogens with zero attached hydrogens (tertiary/aromatic N) is 1. The fourth-order valence-corrected chi connectivity index (χ4v) is 2.31. The van der Waals surface area contributed by atoms with E-state index >= 15 is 0 Å². The first kappa shape index (κ1) is 11.4. The van der Waals surface area contributed by atoms with Crippen LogP contribution in [-0.2, 0) is 6.42 Å².